The molecule has 0 aromatic heterocycles. The van der Waals surface area contributed by atoms with Gasteiger partial charge in [-0.15, -0.1) is 0 Å². The van der Waals surface area contributed by atoms with Crippen molar-refractivity contribution in [3.05, 3.63) is 80.3 Å². The average molecular weight is 558 g/mol. The molecule has 0 saturated carbocycles. The van der Waals surface area contributed by atoms with Crippen molar-refractivity contribution in [3.8, 4) is 11.5 Å². The highest BCUT2D eigenvalue weighted by atomic mass is 79.9. The largest absolute Gasteiger partial charge is 0.507 e. The van der Waals surface area contributed by atoms with E-state index in [4.69, 9.17) is 16.6 Å². The molecule has 35 heavy (non-hydrogen) atoms. The Morgan fingerprint density at radius 3 is 2.23 bits per heavy atom. The van der Waals surface area contributed by atoms with Crippen LogP contribution in [0.15, 0.2) is 58.0 Å². The zero-order valence-electron chi connectivity index (χ0n) is 21.4. The average Bonchev–Trinajstić information content (AvgIpc) is 2.75. The number of phenolic OH excluding ortho intramolecular Hbond substituents is 2. The van der Waals surface area contributed by atoms with Gasteiger partial charge in [0.25, 0.3) is 0 Å². The number of aliphatic imine (C=N–C) groups is 1. The lowest BCUT2D eigenvalue weighted by Gasteiger charge is -2.27. The Labute approximate surface area is 222 Å². The molecule has 0 amide bonds. The maximum atomic E-state index is 11.1. The highest BCUT2D eigenvalue weighted by Crippen LogP contribution is 2.38. The van der Waals surface area contributed by atoms with Crippen molar-refractivity contribution in [2.24, 2.45) is 4.99 Å². The van der Waals surface area contributed by atoms with Gasteiger partial charge in [-0.1, -0.05) is 87.3 Å². The second-order valence-corrected chi connectivity index (χ2v) is 12.3. The second-order valence-electron chi connectivity index (χ2n) is 11.0. The predicted molar refractivity (Wildman–Crippen MR) is 152 cm³/mol. The first kappa shape index (κ1) is 27.1. The monoisotopic (exact) mass is 556 g/mol. The minimum atomic E-state index is -0.209. The molecule has 0 spiro atoms. The molecule has 0 unspecified atom stereocenters. The maximum Gasteiger partial charge on any atom is 0.139 e. The fourth-order valence-corrected chi connectivity index (χ4v) is 4.75. The summed E-state index contributed by atoms with van der Waals surface area (Å²) in [6, 6.07) is 15.4. The van der Waals surface area contributed by atoms with Gasteiger partial charge in [0.05, 0.1) is 16.4 Å². The molecule has 2 N–H and O–H groups in total. The first-order valence-corrected chi connectivity index (χ1v) is 12.7. The number of halogens is 2. The van der Waals surface area contributed by atoms with E-state index in [0.29, 0.717) is 22.7 Å². The van der Waals surface area contributed by atoms with Gasteiger partial charge in [-0.2, -0.15) is 0 Å². The molecule has 3 aromatic rings. The van der Waals surface area contributed by atoms with E-state index in [1.54, 1.807) is 12.3 Å². The van der Waals surface area contributed by atoms with Crippen molar-refractivity contribution < 1.29 is 10.2 Å². The molecule has 186 valence electrons. The van der Waals surface area contributed by atoms with Gasteiger partial charge in [-0.25, -0.2) is 0 Å². The normalized spacial score (nSPS) is 12.4. The molecule has 0 saturated heterocycles. The minimum absolute atomic E-state index is 0.0678. The van der Waals surface area contributed by atoms with E-state index < -0.39 is 0 Å². The van der Waals surface area contributed by atoms with Gasteiger partial charge in [0.15, 0.2) is 0 Å². The number of nitrogens with zero attached hydrogens (tertiary/aromatic N) is 2. The van der Waals surface area contributed by atoms with Crippen molar-refractivity contribution in [1.82, 2.24) is 0 Å². The summed E-state index contributed by atoms with van der Waals surface area (Å²) in [5, 5.41) is 21.8. The van der Waals surface area contributed by atoms with Crippen LogP contribution in [0, 0.1) is 0 Å². The number of para-hydroxylation sites is 2. The summed E-state index contributed by atoms with van der Waals surface area (Å²) in [6.45, 7) is 13.2. The van der Waals surface area contributed by atoms with Gasteiger partial charge in [-0.05, 0) is 46.7 Å². The Morgan fingerprint density at radius 1 is 0.943 bits per heavy atom. The molecule has 0 heterocycles. The van der Waals surface area contributed by atoms with Crippen LogP contribution in [-0.4, -0.2) is 23.5 Å². The van der Waals surface area contributed by atoms with Crippen molar-refractivity contribution in [2.45, 2.75) is 58.9 Å². The molecule has 0 aliphatic heterocycles. The summed E-state index contributed by atoms with van der Waals surface area (Å²) in [5.41, 5.74) is 4.82. The van der Waals surface area contributed by atoms with Gasteiger partial charge in [0, 0.05) is 41.0 Å². The van der Waals surface area contributed by atoms with Crippen molar-refractivity contribution >= 4 is 45.1 Å². The molecule has 0 fully saturated rings. The van der Waals surface area contributed by atoms with E-state index in [1.807, 2.05) is 48.3 Å². The van der Waals surface area contributed by atoms with Crippen LogP contribution in [0.4, 0.5) is 11.4 Å². The summed E-state index contributed by atoms with van der Waals surface area (Å²) in [7, 11) is 1.94. The lowest BCUT2D eigenvalue weighted by Crippen LogP contribution is -2.17. The lowest BCUT2D eigenvalue weighted by atomic mass is 9.79. The Hall–Kier alpha value is -2.50. The second kappa shape index (κ2) is 10.2. The molecule has 0 aliphatic carbocycles. The van der Waals surface area contributed by atoms with Crippen molar-refractivity contribution in [3.63, 3.8) is 0 Å². The van der Waals surface area contributed by atoms with Crippen LogP contribution in [0.2, 0.25) is 5.02 Å². The molecule has 3 aromatic carbocycles. The van der Waals surface area contributed by atoms with Gasteiger partial charge < -0.3 is 15.1 Å². The number of hydrogen-bond acceptors (Lipinski definition) is 4. The van der Waals surface area contributed by atoms with Crippen LogP contribution in [0.5, 0.6) is 11.5 Å². The number of aromatic hydroxyl groups is 2. The smallest absolute Gasteiger partial charge is 0.139 e. The van der Waals surface area contributed by atoms with Crippen molar-refractivity contribution in [1.29, 1.82) is 0 Å². The lowest BCUT2D eigenvalue weighted by molar-refractivity contribution is 0.444. The molecular weight excluding hydrogens is 524 g/mol. The number of benzene rings is 3. The third kappa shape index (κ3) is 6.39. The number of hydrogen-bond donors (Lipinski definition) is 2. The van der Waals surface area contributed by atoms with E-state index in [2.05, 4.69) is 63.5 Å². The van der Waals surface area contributed by atoms with Crippen LogP contribution >= 0.6 is 27.5 Å². The number of anilines is 1. The van der Waals surface area contributed by atoms with Gasteiger partial charge in [0.2, 0.25) is 0 Å². The summed E-state index contributed by atoms with van der Waals surface area (Å²) in [4.78, 5) is 6.79. The summed E-state index contributed by atoms with van der Waals surface area (Å²) in [5.74, 6) is 0.329. The van der Waals surface area contributed by atoms with Crippen LogP contribution < -0.4 is 4.90 Å². The molecule has 4 nitrogen and oxygen atoms in total. The van der Waals surface area contributed by atoms with Gasteiger partial charge in [-0.3, -0.25) is 4.99 Å². The molecule has 0 atom stereocenters. The van der Waals surface area contributed by atoms with Crippen LogP contribution in [0.25, 0.3) is 0 Å². The first-order chi connectivity index (χ1) is 16.2. The van der Waals surface area contributed by atoms with Gasteiger partial charge in [0.1, 0.15) is 11.5 Å². The van der Waals surface area contributed by atoms with E-state index in [1.165, 1.54) is 0 Å². The minimum Gasteiger partial charge on any atom is -0.507 e. The highest BCUT2D eigenvalue weighted by Gasteiger charge is 2.24. The van der Waals surface area contributed by atoms with E-state index in [-0.39, 0.29) is 22.3 Å². The van der Waals surface area contributed by atoms with E-state index in [0.717, 1.165) is 27.0 Å². The zero-order chi connectivity index (χ0) is 26.1. The molecule has 0 radical (unpaired) electrons. The molecule has 3 rings (SSSR count). The summed E-state index contributed by atoms with van der Waals surface area (Å²) >= 11 is 9.60. The van der Waals surface area contributed by atoms with Crippen molar-refractivity contribution in [2.75, 3.05) is 11.9 Å². The van der Waals surface area contributed by atoms with Crippen LogP contribution in [-0.2, 0) is 17.4 Å². The van der Waals surface area contributed by atoms with E-state index >= 15 is 0 Å². The highest BCUT2D eigenvalue weighted by molar-refractivity contribution is 9.10. The first-order valence-electron chi connectivity index (χ1n) is 11.6. The van der Waals surface area contributed by atoms with Crippen LogP contribution in [0.3, 0.4) is 0 Å². The maximum absolute atomic E-state index is 11.1. The molecule has 0 aliphatic rings. The quantitative estimate of drug-likeness (QED) is 0.309. The predicted octanol–water partition coefficient (Wildman–Crippen LogP) is 8.50. The fourth-order valence-electron chi connectivity index (χ4n) is 3.88. The van der Waals surface area contributed by atoms with E-state index in [9.17, 15) is 10.2 Å². The van der Waals surface area contributed by atoms with Gasteiger partial charge >= 0.3 is 0 Å². The Bertz CT molecular complexity index is 1260. The topological polar surface area (TPSA) is 56.1 Å². The van der Waals surface area contributed by atoms with Crippen LogP contribution in [0.1, 0.15) is 63.8 Å². The third-order valence-electron chi connectivity index (χ3n) is 5.96. The third-order valence-corrected chi connectivity index (χ3v) is 6.71. The Morgan fingerprint density at radius 2 is 1.60 bits per heavy atom. The Balaban J connectivity index is 2.01. The summed E-state index contributed by atoms with van der Waals surface area (Å²) in [6.07, 6.45) is 1.74. The fraction of sp³-hybridized carbons (Fsp3) is 0.345. The Kier molecular flexibility index (Phi) is 7.93. The number of rotatable bonds is 5. The summed E-state index contributed by atoms with van der Waals surface area (Å²) < 4.78 is 0.805. The zero-order valence-corrected chi connectivity index (χ0v) is 23.8. The standard InChI is InChI=1S/C29H34BrClN2O2/c1-28(2,3)20-12-18(26(34)22(14-20)29(4,5)6)16-32-24-10-8-9-11-25(24)33(7)17-19-13-21(30)15-23(31)27(19)35/h8-16,34-35H,17H2,1-7H3/b32-16+. The number of phenols is 2. The SMILES string of the molecule is CN(Cc1cc(Br)cc(Cl)c1O)c1ccccc1/N=C/c1cc(C(C)(C)C)cc(C(C)(C)C)c1O. The molecular formula is C29H34BrClN2O2. The molecule has 6 heteroatoms. The molecule has 0 bridgehead atoms.